The van der Waals surface area contributed by atoms with Crippen LogP contribution >= 0.6 is 0 Å². The molecule has 0 aromatic rings. The van der Waals surface area contributed by atoms with Crippen molar-refractivity contribution in [2.45, 2.75) is 39.5 Å². The van der Waals surface area contributed by atoms with Crippen molar-refractivity contribution in [2.24, 2.45) is 17.3 Å². The SMILES string of the molecule is CC(C)(C)C(C#N)C(=O)C1CC(F)(F)C1. The van der Waals surface area contributed by atoms with Crippen LogP contribution in [0.4, 0.5) is 8.78 Å². The molecule has 0 aromatic heterocycles. The van der Waals surface area contributed by atoms with E-state index < -0.39 is 23.2 Å². The molecule has 0 spiro atoms. The highest BCUT2D eigenvalue weighted by Gasteiger charge is 2.51. The highest BCUT2D eigenvalue weighted by Crippen LogP contribution is 2.45. The van der Waals surface area contributed by atoms with E-state index in [2.05, 4.69) is 0 Å². The Labute approximate surface area is 88.3 Å². The zero-order chi connectivity index (χ0) is 11.9. The molecule has 1 saturated carbocycles. The third-order valence-corrected chi connectivity index (χ3v) is 2.77. The van der Waals surface area contributed by atoms with E-state index in [1.807, 2.05) is 6.07 Å². The van der Waals surface area contributed by atoms with Gasteiger partial charge in [-0.3, -0.25) is 4.79 Å². The monoisotopic (exact) mass is 215 g/mol. The van der Waals surface area contributed by atoms with Crippen molar-refractivity contribution in [3.8, 4) is 6.07 Å². The molecule has 1 unspecified atom stereocenters. The molecular weight excluding hydrogens is 200 g/mol. The summed E-state index contributed by atoms with van der Waals surface area (Å²) >= 11 is 0. The summed E-state index contributed by atoms with van der Waals surface area (Å²) in [6.45, 7) is 5.32. The molecule has 0 amide bonds. The number of carbonyl (C=O) groups is 1. The van der Waals surface area contributed by atoms with Gasteiger partial charge >= 0.3 is 0 Å². The van der Waals surface area contributed by atoms with Crippen molar-refractivity contribution in [1.29, 1.82) is 5.26 Å². The van der Waals surface area contributed by atoms with E-state index >= 15 is 0 Å². The van der Waals surface area contributed by atoms with E-state index in [-0.39, 0.29) is 18.6 Å². The Morgan fingerprint density at radius 3 is 2.20 bits per heavy atom. The van der Waals surface area contributed by atoms with Crippen molar-refractivity contribution < 1.29 is 13.6 Å². The van der Waals surface area contributed by atoms with Gasteiger partial charge in [-0.2, -0.15) is 5.26 Å². The number of rotatable bonds is 2. The lowest BCUT2D eigenvalue weighted by Crippen LogP contribution is -2.44. The smallest absolute Gasteiger partial charge is 0.249 e. The Hall–Kier alpha value is -0.980. The average molecular weight is 215 g/mol. The average Bonchev–Trinajstić information content (AvgIpc) is 1.98. The summed E-state index contributed by atoms with van der Waals surface area (Å²) in [7, 11) is 0. The van der Waals surface area contributed by atoms with Gasteiger partial charge in [0.1, 0.15) is 5.92 Å². The van der Waals surface area contributed by atoms with Crippen LogP contribution in [0.1, 0.15) is 33.6 Å². The Morgan fingerprint density at radius 2 is 1.93 bits per heavy atom. The van der Waals surface area contributed by atoms with Gasteiger partial charge in [-0.05, 0) is 5.41 Å². The number of hydrogen-bond donors (Lipinski definition) is 0. The topological polar surface area (TPSA) is 40.9 Å². The summed E-state index contributed by atoms with van der Waals surface area (Å²) in [4.78, 5) is 11.7. The Kier molecular flexibility index (Phi) is 2.86. The molecule has 0 N–H and O–H groups in total. The summed E-state index contributed by atoms with van der Waals surface area (Å²) in [5.74, 6) is -4.42. The highest BCUT2D eigenvalue weighted by atomic mass is 19.3. The molecule has 0 saturated heterocycles. The molecule has 84 valence electrons. The van der Waals surface area contributed by atoms with Crippen LogP contribution < -0.4 is 0 Å². The van der Waals surface area contributed by atoms with E-state index in [0.29, 0.717) is 0 Å². The molecule has 1 fully saturated rings. The van der Waals surface area contributed by atoms with Gasteiger partial charge in [0.05, 0.1) is 6.07 Å². The van der Waals surface area contributed by atoms with E-state index in [4.69, 9.17) is 5.26 Å². The molecule has 2 nitrogen and oxygen atoms in total. The van der Waals surface area contributed by atoms with Crippen LogP contribution in [0.3, 0.4) is 0 Å². The fourth-order valence-electron chi connectivity index (χ4n) is 1.78. The minimum absolute atomic E-state index is 0.323. The van der Waals surface area contributed by atoms with E-state index in [9.17, 15) is 13.6 Å². The number of nitrogens with zero attached hydrogens (tertiary/aromatic N) is 1. The molecule has 1 rings (SSSR count). The first kappa shape index (κ1) is 12.1. The maximum absolute atomic E-state index is 12.6. The Balaban J connectivity index is 2.66. The second-order valence-corrected chi connectivity index (χ2v) is 5.29. The lowest BCUT2D eigenvalue weighted by atomic mass is 9.69. The fourth-order valence-corrected chi connectivity index (χ4v) is 1.78. The molecule has 1 aliphatic carbocycles. The van der Waals surface area contributed by atoms with Gasteiger partial charge in [0.15, 0.2) is 5.78 Å². The number of carbonyl (C=O) groups excluding carboxylic acids is 1. The van der Waals surface area contributed by atoms with Gasteiger partial charge < -0.3 is 0 Å². The summed E-state index contributed by atoms with van der Waals surface area (Å²) < 4.78 is 25.2. The zero-order valence-electron chi connectivity index (χ0n) is 9.18. The third kappa shape index (κ3) is 2.53. The molecule has 0 heterocycles. The lowest BCUT2D eigenvalue weighted by molar-refractivity contribution is -0.152. The maximum Gasteiger partial charge on any atom is 0.249 e. The summed E-state index contributed by atoms with van der Waals surface area (Å²) in [5.41, 5.74) is -0.475. The molecule has 0 aliphatic heterocycles. The molecule has 4 heteroatoms. The van der Waals surface area contributed by atoms with Crippen LogP contribution in [-0.2, 0) is 4.79 Å². The van der Waals surface area contributed by atoms with Crippen molar-refractivity contribution in [3.63, 3.8) is 0 Å². The highest BCUT2D eigenvalue weighted by molar-refractivity contribution is 5.87. The molecular formula is C11H15F2NO. The normalized spacial score (nSPS) is 22.7. The van der Waals surface area contributed by atoms with Gasteiger partial charge in [0.25, 0.3) is 0 Å². The van der Waals surface area contributed by atoms with Crippen molar-refractivity contribution in [3.05, 3.63) is 0 Å². The number of nitriles is 1. The summed E-state index contributed by atoms with van der Waals surface area (Å²) in [6, 6.07) is 1.92. The van der Waals surface area contributed by atoms with Gasteiger partial charge in [-0.1, -0.05) is 20.8 Å². The van der Waals surface area contributed by atoms with Crippen LogP contribution in [0.5, 0.6) is 0 Å². The number of hydrogen-bond acceptors (Lipinski definition) is 2. The van der Waals surface area contributed by atoms with Gasteiger partial charge in [-0.15, -0.1) is 0 Å². The van der Waals surface area contributed by atoms with Crippen molar-refractivity contribution >= 4 is 5.78 Å². The second-order valence-electron chi connectivity index (χ2n) is 5.29. The van der Waals surface area contributed by atoms with E-state index in [1.54, 1.807) is 20.8 Å². The molecule has 15 heavy (non-hydrogen) atoms. The number of ketones is 1. The first-order chi connectivity index (χ1) is 6.67. The van der Waals surface area contributed by atoms with Crippen LogP contribution in [0.25, 0.3) is 0 Å². The van der Waals surface area contributed by atoms with Crippen LogP contribution in [0.15, 0.2) is 0 Å². The quantitative estimate of drug-likeness (QED) is 0.710. The minimum atomic E-state index is -2.70. The maximum atomic E-state index is 12.6. The number of Topliss-reactive ketones (excluding diaryl/α,β-unsaturated/α-hetero) is 1. The fraction of sp³-hybridized carbons (Fsp3) is 0.818. The van der Waals surface area contributed by atoms with E-state index in [1.165, 1.54) is 0 Å². The third-order valence-electron chi connectivity index (χ3n) is 2.77. The van der Waals surface area contributed by atoms with E-state index in [0.717, 1.165) is 0 Å². The standard InChI is InChI=1S/C11H15F2NO/c1-10(2,3)8(6-14)9(15)7-4-11(12,13)5-7/h7-8H,4-5H2,1-3H3. The Morgan fingerprint density at radius 1 is 1.47 bits per heavy atom. The van der Waals surface area contributed by atoms with Gasteiger partial charge in [0.2, 0.25) is 5.92 Å². The number of alkyl halides is 2. The zero-order valence-corrected chi connectivity index (χ0v) is 9.18. The van der Waals surface area contributed by atoms with Crippen molar-refractivity contribution in [2.75, 3.05) is 0 Å². The van der Waals surface area contributed by atoms with Crippen LogP contribution in [-0.4, -0.2) is 11.7 Å². The molecule has 1 aliphatic rings. The summed E-state index contributed by atoms with van der Waals surface area (Å²) in [5, 5.41) is 8.87. The first-order valence-electron chi connectivity index (χ1n) is 4.98. The summed E-state index contributed by atoms with van der Waals surface area (Å²) in [6.07, 6.45) is -0.778. The van der Waals surface area contributed by atoms with Crippen LogP contribution in [0, 0.1) is 28.6 Å². The Bertz CT molecular complexity index is 304. The van der Waals surface area contributed by atoms with Gasteiger partial charge in [-0.25, -0.2) is 8.78 Å². The second kappa shape index (κ2) is 3.55. The largest absolute Gasteiger partial charge is 0.298 e. The lowest BCUT2D eigenvalue weighted by Gasteiger charge is -2.37. The van der Waals surface area contributed by atoms with Crippen LogP contribution in [0.2, 0.25) is 0 Å². The van der Waals surface area contributed by atoms with Gasteiger partial charge in [0, 0.05) is 18.8 Å². The molecule has 0 aromatic carbocycles. The predicted octanol–water partition coefficient (Wildman–Crippen LogP) is 2.79. The predicted molar refractivity (Wildman–Crippen MR) is 51.2 cm³/mol. The van der Waals surface area contributed by atoms with Crippen molar-refractivity contribution in [1.82, 2.24) is 0 Å². The first-order valence-corrected chi connectivity index (χ1v) is 4.98. The molecule has 0 radical (unpaired) electrons. The molecule has 0 bridgehead atoms. The minimum Gasteiger partial charge on any atom is -0.298 e. The molecule has 1 atom stereocenters. The number of halogens is 2.